The first-order valence-corrected chi connectivity index (χ1v) is 17.2. The number of nitrogens with one attached hydrogen (secondary N) is 1. The zero-order valence-corrected chi connectivity index (χ0v) is 27.6. The van der Waals surface area contributed by atoms with E-state index in [1.54, 1.807) is 36.4 Å². The minimum absolute atomic E-state index is 0.0655. The molecule has 0 saturated carbocycles. The van der Waals surface area contributed by atoms with Gasteiger partial charge in [0.05, 0.1) is 10.6 Å². The van der Waals surface area contributed by atoms with Crippen LogP contribution in [0.1, 0.15) is 44.2 Å². The summed E-state index contributed by atoms with van der Waals surface area (Å²) in [7, 11) is -4.16. The molecule has 242 valence electrons. The highest BCUT2D eigenvalue weighted by Crippen LogP contribution is 2.28. The van der Waals surface area contributed by atoms with E-state index in [1.807, 2.05) is 81.4 Å². The van der Waals surface area contributed by atoms with Crippen LogP contribution >= 0.6 is 0 Å². The molecule has 0 radical (unpaired) electrons. The summed E-state index contributed by atoms with van der Waals surface area (Å²) in [5.74, 6) is 0.459. The lowest BCUT2D eigenvalue weighted by molar-refractivity contribution is -0.139. The van der Waals surface area contributed by atoms with Crippen LogP contribution in [0.15, 0.2) is 114 Å². The first kappa shape index (κ1) is 34.2. The molecule has 0 spiro atoms. The van der Waals surface area contributed by atoms with Crippen LogP contribution in [-0.4, -0.2) is 50.8 Å². The van der Waals surface area contributed by atoms with Crippen molar-refractivity contribution in [3.63, 3.8) is 0 Å². The summed E-state index contributed by atoms with van der Waals surface area (Å²) in [6.45, 7) is 6.07. The highest BCUT2D eigenvalue weighted by Gasteiger charge is 2.33. The van der Waals surface area contributed by atoms with Crippen molar-refractivity contribution in [3.05, 3.63) is 120 Å². The Morgan fingerprint density at radius 3 is 2.02 bits per heavy atom. The maximum absolute atomic E-state index is 14.2. The van der Waals surface area contributed by atoms with Gasteiger partial charge in [-0.2, -0.15) is 0 Å². The molecule has 8 nitrogen and oxygen atoms in total. The molecule has 1 unspecified atom stereocenters. The SMILES string of the molecule is CCCCNC(=O)C(CC)N(CCc1ccccc1)C(=O)CN(c1ccc(Oc2ccccc2)cc1)S(=O)(=O)c1ccc(C)cc1. The number of hydrogen-bond donors (Lipinski definition) is 1. The Labute approximate surface area is 273 Å². The van der Waals surface area contributed by atoms with Gasteiger partial charge in [0.1, 0.15) is 24.1 Å². The van der Waals surface area contributed by atoms with Crippen LogP contribution in [-0.2, 0) is 26.0 Å². The van der Waals surface area contributed by atoms with Crippen molar-refractivity contribution >= 4 is 27.5 Å². The molecule has 46 heavy (non-hydrogen) atoms. The molecule has 0 saturated heterocycles. The second kappa shape index (κ2) is 16.6. The molecule has 0 fully saturated rings. The van der Waals surface area contributed by atoms with Crippen molar-refractivity contribution in [2.75, 3.05) is 23.9 Å². The number of carbonyl (C=O) groups is 2. The van der Waals surface area contributed by atoms with Crippen LogP contribution < -0.4 is 14.4 Å². The van der Waals surface area contributed by atoms with E-state index >= 15 is 0 Å². The lowest BCUT2D eigenvalue weighted by Crippen LogP contribution is -2.53. The lowest BCUT2D eigenvalue weighted by Gasteiger charge is -2.33. The number of aryl methyl sites for hydroxylation is 1. The Morgan fingerprint density at radius 1 is 0.804 bits per heavy atom. The van der Waals surface area contributed by atoms with E-state index in [1.165, 1.54) is 17.0 Å². The van der Waals surface area contributed by atoms with Gasteiger partial charge >= 0.3 is 0 Å². The Balaban J connectivity index is 1.67. The van der Waals surface area contributed by atoms with Crippen LogP contribution in [0.4, 0.5) is 5.69 Å². The van der Waals surface area contributed by atoms with Crippen LogP contribution in [0.5, 0.6) is 11.5 Å². The lowest BCUT2D eigenvalue weighted by atomic mass is 10.1. The zero-order chi connectivity index (χ0) is 32.9. The van der Waals surface area contributed by atoms with Crippen LogP contribution in [0, 0.1) is 6.92 Å². The Kier molecular flexibility index (Phi) is 12.4. The summed E-state index contributed by atoms with van der Waals surface area (Å²) in [6, 6.07) is 31.4. The summed E-state index contributed by atoms with van der Waals surface area (Å²) in [5, 5.41) is 2.96. The second-order valence-corrected chi connectivity index (χ2v) is 13.0. The maximum Gasteiger partial charge on any atom is 0.264 e. The normalized spacial score (nSPS) is 11.8. The maximum atomic E-state index is 14.2. The monoisotopic (exact) mass is 641 g/mol. The summed E-state index contributed by atoms with van der Waals surface area (Å²) in [6.07, 6.45) is 2.65. The minimum atomic E-state index is -4.16. The third kappa shape index (κ3) is 9.20. The van der Waals surface area contributed by atoms with Gasteiger partial charge in [-0.3, -0.25) is 13.9 Å². The fraction of sp³-hybridized carbons (Fsp3) is 0.297. The molecule has 1 atom stereocenters. The number of unbranched alkanes of at least 4 members (excludes halogenated alkanes) is 1. The van der Waals surface area contributed by atoms with Gasteiger partial charge in [-0.05, 0) is 80.3 Å². The molecule has 4 rings (SSSR count). The van der Waals surface area contributed by atoms with E-state index in [2.05, 4.69) is 5.32 Å². The molecule has 0 heterocycles. The second-order valence-electron chi connectivity index (χ2n) is 11.1. The Morgan fingerprint density at radius 2 is 1.41 bits per heavy atom. The molecule has 9 heteroatoms. The standard InChI is InChI=1S/C37H43N3O5S/c1-4-6-26-38-37(42)35(5-2)39(27-25-30-13-9-7-10-14-30)36(41)28-40(46(43,44)34-23-17-29(3)18-24-34)31-19-21-33(22-20-31)45-32-15-11-8-12-16-32/h7-24,35H,4-6,25-28H2,1-3H3,(H,38,42). The highest BCUT2D eigenvalue weighted by atomic mass is 32.2. The van der Waals surface area contributed by atoms with E-state index in [9.17, 15) is 18.0 Å². The van der Waals surface area contributed by atoms with Crippen LogP contribution in [0.25, 0.3) is 0 Å². The number of ether oxygens (including phenoxy) is 1. The number of carbonyl (C=O) groups excluding carboxylic acids is 2. The number of sulfonamides is 1. The Hall–Kier alpha value is -4.63. The topological polar surface area (TPSA) is 96.0 Å². The molecule has 0 aromatic heterocycles. The van der Waals surface area contributed by atoms with Gasteiger partial charge in [0.2, 0.25) is 11.8 Å². The highest BCUT2D eigenvalue weighted by molar-refractivity contribution is 7.92. The predicted octanol–water partition coefficient (Wildman–Crippen LogP) is 6.75. The van der Waals surface area contributed by atoms with Gasteiger partial charge in [-0.15, -0.1) is 0 Å². The average Bonchev–Trinajstić information content (AvgIpc) is 3.07. The molecule has 0 aliphatic rings. The van der Waals surface area contributed by atoms with E-state index in [0.717, 1.165) is 28.3 Å². The molecular formula is C37H43N3O5S. The minimum Gasteiger partial charge on any atom is -0.457 e. The predicted molar refractivity (Wildman–Crippen MR) is 183 cm³/mol. The van der Waals surface area contributed by atoms with E-state index < -0.39 is 28.5 Å². The van der Waals surface area contributed by atoms with Gasteiger partial charge in [0, 0.05) is 13.1 Å². The van der Waals surface area contributed by atoms with Crippen molar-refractivity contribution in [1.82, 2.24) is 10.2 Å². The van der Waals surface area contributed by atoms with E-state index in [0.29, 0.717) is 36.6 Å². The molecule has 0 aliphatic carbocycles. The van der Waals surface area contributed by atoms with Gasteiger partial charge in [-0.1, -0.05) is 86.5 Å². The van der Waals surface area contributed by atoms with Crippen LogP contribution in [0.3, 0.4) is 0 Å². The van der Waals surface area contributed by atoms with Crippen molar-refractivity contribution in [2.24, 2.45) is 0 Å². The van der Waals surface area contributed by atoms with Crippen LogP contribution in [0.2, 0.25) is 0 Å². The number of anilines is 1. The molecule has 1 N–H and O–H groups in total. The van der Waals surface area contributed by atoms with Crippen molar-refractivity contribution in [2.45, 2.75) is 57.4 Å². The molecular weight excluding hydrogens is 598 g/mol. The smallest absolute Gasteiger partial charge is 0.264 e. The first-order valence-electron chi connectivity index (χ1n) is 15.8. The fourth-order valence-corrected chi connectivity index (χ4v) is 6.49. The molecule has 4 aromatic carbocycles. The molecule has 2 amide bonds. The van der Waals surface area contributed by atoms with Crippen molar-refractivity contribution < 1.29 is 22.7 Å². The summed E-state index contributed by atoms with van der Waals surface area (Å²) >= 11 is 0. The van der Waals surface area contributed by atoms with Gasteiger partial charge in [0.25, 0.3) is 10.0 Å². The van der Waals surface area contributed by atoms with Gasteiger partial charge < -0.3 is 15.0 Å². The van der Waals surface area contributed by atoms with E-state index in [4.69, 9.17) is 4.74 Å². The number of para-hydroxylation sites is 1. The van der Waals surface area contributed by atoms with Gasteiger partial charge in [0.15, 0.2) is 0 Å². The Bertz CT molecular complexity index is 1650. The summed E-state index contributed by atoms with van der Waals surface area (Å²) < 4.78 is 35.3. The number of amides is 2. The zero-order valence-electron chi connectivity index (χ0n) is 26.8. The van der Waals surface area contributed by atoms with E-state index in [-0.39, 0.29) is 17.3 Å². The largest absolute Gasteiger partial charge is 0.457 e. The van der Waals surface area contributed by atoms with Crippen molar-refractivity contribution in [1.29, 1.82) is 0 Å². The number of benzene rings is 4. The van der Waals surface area contributed by atoms with Gasteiger partial charge in [-0.25, -0.2) is 8.42 Å². The quantitative estimate of drug-likeness (QED) is 0.137. The third-order valence-corrected chi connectivity index (χ3v) is 9.48. The number of hydrogen-bond acceptors (Lipinski definition) is 5. The number of nitrogens with zero attached hydrogens (tertiary/aromatic N) is 2. The first-order chi connectivity index (χ1) is 22.2. The molecule has 0 aliphatic heterocycles. The number of rotatable bonds is 16. The molecule has 0 bridgehead atoms. The summed E-state index contributed by atoms with van der Waals surface area (Å²) in [5.41, 5.74) is 2.23. The third-order valence-electron chi connectivity index (χ3n) is 7.69. The molecule has 4 aromatic rings. The fourth-order valence-electron chi connectivity index (χ4n) is 5.07. The van der Waals surface area contributed by atoms with Crippen molar-refractivity contribution in [3.8, 4) is 11.5 Å². The average molecular weight is 642 g/mol. The summed E-state index contributed by atoms with van der Waals surface area (Å²) in [4.78, 5) is 29.2.